The Labute approximate surface area is 103 Å². The number of rotatable bonds is 3. The lowest BCUT2D eigenvalue weighted by molar-refractivity contribution is -0.0528. The molecule has 1 aliphatic heterocycles. The number of anilines is 1. The molecule has 0 radical (unpaired) electrons. The van der Waals surface area contributed by atoms with Crippen molar-refractivity contribution >= 4 is 5.69 Å². The molecule has 4 heteroatoms. The van der Waals surface area contributed by atoms with Gasteiger partial charge >= 0.3 is 0 Å². The molecular weight excluding hydrogens is 214 g/mol. The molecule has 1 aromatic rings. The second-order valence-electron chi connectivity index (χ2n) is 5.01. The molecule has 1 fully saturated rings. The number of aromatic nitrogens is 1. The van der Waals surface area contributed by atoms with Gasteiger partial charge in [-0.3, -0.25) is 9.88 Å². The van der Waals surface area contributed by atoms with Gasteiger partial charge in [0.1, 0.15) is 0 Å². The standard InChI is InChI=1S/C13H21N3O/c1-13(17-2)6-4-8-16(10-13)9-12-11(14)5-3-7-15-12/h3,5,7H,4,6,8-10,14H2,1-2H3. The average molecular weight is 235 g/mol. The van der Waals surface area contributed by atoms with Crippen LogP contribution in [0, 0.1) is 0 Å². The van der Waals surface area contributed by atoms with Gasteiger partial charge in [-0.25, -0.2) is 0 Å². The summed E-state index contributed by atoms with van der Waals surface area (Å²) in [5, 5.41) is 0. The quantitative estimate of drug-likeness (QED) is 0.865. The zero-order valence-electron chi connectivity index (χ0n) is 10.6. The number of nitrogens with two attached hydrogens (primary N) is 1. The van der Waals surface area contributed by atoms with E-state index in [4.69, 9.17) is 10.5 Å². The van der Waals surface area contributed by atoms with Crippen molar-refractivity contribution < 1.29 is 4.74 Å². The van der Waals surface area contributed by atoms with Crippen LogP contribution < -0.4 is 5.73 Å². The Bertz CT molecular complexity index is 383. The van der Waals surface area contributed by atoms with E-state index in [2.05, 4.69) is 16.8 Å². The Morgan fingerprint density at radius 3 is 3.12 bits per heavy atom. The van der Waals surface area contributed by atoms with E-state index in [0.29, 0.717) is 0 Å². The first kappa shape index (κ1) is 12.3. The van der Waals surface area contributed by atoms with Gasteiger partial charge in [0.2, 0.25) is 0 Å². The highest BCUT2D eigenvalue weighted by Crippen LogP contribution is 2.25. The van der Waals surface area contributed by atoms with E-state index in [1.54, 1.807) is 13.3 Å². The number of pyridine rings is 1. The van der Waals surface area contributed by atoms with Crippen LogP contribution in [0.15, 0.2) is 18.3 Å². The molecule has 1 saturated heterocycles. The fourth-order valence-electron chi connectivity index (χ4n) is 2.40. The van der Waals surface area contributed by atoms with Crippen LogP contribution in [0.25, 0.3) is 0 Å². The lowest BCUT2D eigenvalue weighted by Crippen LogP contribution is -2.47. The maximum Gasteiger partial charge on any atom is 0.0777 e. The third kappa shape index (κ3) is 2.96. The Morgan fingerprint density at radius 2 is 2.41 bits per heavy atom. The molecule has 1 unspecified atom stereocenters. The lowest BCUT2D eigenvalue weighted by Gasteiger charge is -2.39. The van der Waals surface area contributed by atoms with E-state index >= 15 is 0 Å². The van der Waals surface area contributed by atoms with Gasteiger partial charge in [-0.1, -0.05) is 0 Å². The predicted molar refractivity (Wildman–Crippen MR) is 68.6 cm³/mol. The van der Waals surface area contributed by atoms with Crippen molar-refractivity contribution in [2.45, 2.75) is 31.9 Å². The van der Waals surface area contributed by atoms with Crippen LogP contribution in [0.2, 0.25) is 0 Å². The topological polar surface area (TPSA) is 51.4 Å². The molecule has 1 aromatic heterocycles. The lowest BCUT2D eigenvalue weighted by atomic mass is 9.94. The Balaban J connectivity index is 2.02. The SMILES string of the molecule is COC1(C)CCCN(Cc2ncccc2N)C1. The van der Waals surface area contributed by atoms with Gasteiger partial charge in [-0.15, -0.1) is 0 Å². The van der Waals surface area contributed by atoms with Crippen molar-refractivity contribution in [2.75, 3.05) is 25.9 Å². The fourth-order valence-corrected chi connectivity index (χ4v) is 2.40. The molecule has 0 bridgehead atoms. The molecule has 0 aromatic carbocycles. The molecule has 0 amide bonds. The molecule has 2 N–H and O–H groups in total. The molecule has 1 atom stereocenters. The Kier molecular flexibility index (Phi) is 3.64. The van der Waals surface area contributed by atoms with Crippen molar-refractivity contribution in [3.05, 3.63) is 24.0 Å². The highest BCUT2D eigenvalue weighted by molar-refractivity contribution is 5.41. The van der Waals surface area contributed by atoms with Gasteiger partial charge in [0, 0.05) is 26.4 Å². The smallest absolute Gasteiger partial charge is 0.0777 e. The second kappa shape index (κ2) is 5.02. The molecule has 2 heterocycles. The van der Waals surface area contributed by atoms with Crippen molar-refractivity contribution in [3.8, 4) is 0 Å². The van der Waals surface area contributed by atoms with Crippen LogP contribution in [-0.2, 0) is 11.3 Å². The number of nitrogens with zero attached hydrogens (tertiary/aromatic N) is 2. The van der Waals surface area contributed by atoms with Crippen molar-refractivity contribution in [1.29, 1.82) is 0 Å². The maximum absolute atomic E-state index is 5.92. The second-order valence-corrected chi connectivity index (χ2v) is 5.01. The minimum absolute atomic E-state index is 0.0260. The van der Waals surface area contributed by atoms with Gasteiger partial charge in [0.15, 0.2) is 0 Å². The summed E-state index contributed by atoms with van der Waals surface area (Å²) in [7, 11) is 1.79. The van der Waals surface area contributed by atoms with Crippen molar-refractivity contribution in [1.82, 2.24) is 9.88 Å². The highest BCUT2D eigenvalue weighted by atomic mass is 16.5. The monoisotopic (exact) mass is 235 g/mol. The molecule has 0 saturated carbocycles. The summed E-state index contributed by atoms with van der Waals surface area (Å²) < 4.78 is 5.58. The van der Waals surface area contributed by atoms with Crippen LogP contribution in [0.4, 0.5) is 5.69 Å². The van der Waals surface area contributed by atoms with E-state index in [9.17, 15) is 0 Å². The molecule has 1 aliphatic rings. The van der Waals surface area contributed by atoms with Crippen molar-refractivity contribution in [2.24, 2.45) is 0 Å². The number of likely N-dealkylation sites (tertiary alicyclic amines) is 1. The number of ether oxygens (including phenoxy) is 1. The van der Waals surface area contributed by atoms with Gasteiger partial charge in [0.05, 0.1) is 17.0 Å². The minimum Gasteiger partial charge on any atom is -0.397 e. The number of nitrogen functional groups attached to an aromatic ring is 1. The molecular formula is C13H21N3O. The van der Waals surface area contributed by atoms with Crippen LogP contribution in [0.1, 0.15) is 25.5 Å². The summed E-state index contributed by atoms with van der Waals surface area (Å²) in [4.78, 5) is 6.71. The maximum atomic E-state index is 5.92. The third-order valence-electron chi connectivity index (χ3n) is 3.53. The summed E-state index contributed by atoms with van der Waals surface area (Å²) in [5.74, 6) is 0. The van der Waals surface area contributed by atoms with Crippen molar-refractivity contribution in [3.63, 3.8) is 0 Å². The summed E-state index contributed by atoms with van der Waals surface area (Å²) in [5.41, 5.74) is 7.63. The number of hydrogen-bond acceptors (Lipinski definition) is 4. The molecule has 17 heavy (non-hydrogen) atoms. The molecule has 0 aliphatic carbocycles. The first-order chi connectivity index (χ1) is 8.13. The fraction of sp³-hybridized carbons (Fsp3) is 0.615. The van der Waals surface area contributed by atoms with Gasteiger partial charge in [-0.05, 0) is 38.4 Å². The number of piperidine rings is 1. The van der Waals surface area contributed by atoms with E-state index in [1.165, 1.54) is 0 Å². The summed E-state index contributed by atoms with van der Waals surface area (Å²) in [6, 6.07) is 3.77. The van der Waals surface area contributed by atoms with Gasteiger partial charge < -0.3 is 10.5 Å². The summed E-state index contributed by atoms with van der Waals surface area (Å²) in [6.07, 6.45) is 4.08. The average Bonchev–Trinajstić information content (AvgIpc) is 2.32. The van der Waals surface area contributed by atoms with Gasteiger partial charge in [-0.2, -0.15) is 0 Å². The first-order valence-corrected chi connectivity index (χ1v) is 6.10. The number of methoxy groups -OCH3 is 1. The van der Waals surface area contributed by atoms with E-state index in [0.717, 1.165) is 43.9 Å². The molecule has 2 rings (SSSR count). The normalized spacial score (nSPS) is 26.0. The Hall–Kier alpha value is -1.13. The van der Waals surface area contributed by atoms with E-state index in [1.807, 2.05) is 12.1 Å². The molecule has 0 spiro atoms. The molecule has 4 nitrogen and oxygen atoms in total. The summed E-state index contributed by atoms with van der Waals surface area (Å²) >= 11 is 0. The van der Waals surface area contributed by atoms with Crippen LogP contribution in [0.5, 0.6) is 0 Å². The van der Waals surface area contributed by atoms with Gasteiger partial charge in [0.25, 0.3) is 0 Å². The zero-order valence-corrected chi connectivity index (χ0v) is 10.6. The highest BCUT2D eigenvalue weighted by Gasteiger charge is 2.30. The van der Waals surface area contributed by atoms with Crippen LogP contribution >= 0.6 is 0 Å². The van der Waals surface area contributed by atoms with Crippen LogP contribution in [0.3, 0.4) is 0 Å². The Morgan fingerprint density at radius 1 is 1.59 bits per heavy atom. The third-order valence-corrected chi connectivity index (χ3v) is 3.53. The zero-order chi connectivity index (χ0) is 12.3. The first-order valence-electron chi connectivity index (χ1n) is 6.10. The minimum atomic E-state index is -0.0260. The summed E-state index contributed by atoms with van der Waals surface area (Å²) in [6.45, 7) is 5.01. The largest absolute Gasteiger partial charge is 0.397 e. The van der Waals surface area contributed by atoms with Crippen LogP contribution in [-0.4, -0.2) is 35.7 Å². The predicted octanol–water partition coefficient (Wildman–Crippen LogP) is 1.66. The number of hydrogen-bond donors (Lipinski definition) is 1. The van der Waals surface area contributed by atoms with E-state index < -0.39 is 0 Å². The van der Waals surface area contributed by atoms with E-state index in [-0.39, 0.29) is 5.60 Å². The molecule has 94 valence electrons.